The highest BCUT2D eigenvalue weighted by molar-refractivity contribution is 6.20. The van der Waals surface area contributed by atoms with Crippen molar-refractivity contribution in [3.05, 3.63) is 143 Å². The number of aromatic nitrogens is 4. The van der Waals surface area contributed by atoms with Crippen LogP contribution in [-0.4, -0.2) is 31.4 Å². The lowest BCUT2D eigenvalue weighted by atomic mass is 10.0. The number of benzene rings is 4. The molecule has 54 heavy (non-hydrogen) atoms. The number of carbonyl (C=O) groups is 2. The molecule has 18 heteroatoms. The number of alkyl halides is 4. The highest BCUT2D eigenvalue weighted by Gasteiger charge is 2.25. The van der Waals surface area contributed by atoms with Gasteiger partial charge in [-0.25, -0.2) is 39.5 Å². The minimum absolute atomic E-state index is 0.0226. The highest BCUT2D eigenvalue weighted by atomic mass is 35.5. The molecule has 0 fully saturated rings. The first kappa shape index (κ1) is 39.1. The van der Waals surface area contributed by atoms with Gasteiger partial charge in [-0.1, -0.05) is 48.0 Å². The molecule has 6 aromatic rings. The average Bonchev–Trinajstić information content (AvgIpc) is 3.73. The predicted octanol–water partition coefficient (Wildman–Crippen LogP) is 9.66. The fourth-order valence-electron chi connectivity index (χ4n) is 5.17. The second-order valence-corrected chi connectivity index (χ2v) is 11.7. The highest BCUT2D eigenvalue weighted by Crippen LogP contribution is 2.33. The lowest BCUT2D eigenvalue weighted by molar-refractivity contribution is 0.100. The Morgan fingerprint density at radius 1 is 0.611 bits per heavy atom. The van der Waals surface area contributed by atoms with Crippen molar-refractivity contribution in [2.75, 3.05) is 10.6 Å². The Morgan fingerprint density at radius 2 is 0.963 bits per heavy atom. The molecule has 8 nitrogen and oxygen atoms in total. The second-order valence-electron chi connectivity index (χ2n) is 11.3. The van der Waals surface area contributed by atoms with E-state index in [4.69, 9.17) is 11.6 Å². The van der Waals surface area contributed by atoms with E-state index < -0.39 is 64.5 Å². The van der Waals surface area contributed by atoms with Crippen molar-refractivity contribution in [1.82, 2.24) is 19.6 Å². The SMILES string of the molecule is Cn1cc(C(=O)Nc2ccccc2-c2cc(F)c(F)c(F)c2)c(C(F)Cl)n1.Cn1cc(C(=O)Nc2ccccc2-c2cc(F)c(F)c(F)c2)c(C(F)F)n1. The van der Waals surface area contributed by atoms with Gasteiger partial charge in [0.2, 0.25) is 5.63 Å². The minimum atomic E-state index is -2.96. The molecule has 4 aromatic carbocycles. The summed E-state index contributed by atoms with van der Waals surface area (Å²) in [6.45, 7) is 0. The molecule has 2 aromatic heterocycles. The van der Waals surface area contributed by atoms with Gasteiger partial charge >= 0.3 is 0 Å². The molecule has 1 atom stereocenters. The Balaban J connectivity index is 0.000000208. The van der Waals surface area contributed by atoms with Crippen LogP contribution in [0.1, 0.15) is 44.2 Å². The molecular weight excluding hydrogens is 755 g/mol. The van der Waals surface area contributed by atoms with Crippen LogP contribution in [0.5, 0.6) is 0 Å². The van der Waals surface area contributed by atoms with Crippen molar-refractivity contribution < 1.29 is 49.1 Å². The molecule has 0 aliphatic rings. The zero-order valence-electron chi connectivity index (χ0n) is 27.6. The maximum Gasteiger partial charge on any atom is 0.282 e. The zero-order chi connectivity index (χ0) is 39.4. The molecule has 0 saturated carbocycles. The fraction of sp³-hybridized carbons (Fsp3) is 0.111. The topological polar surface area (TPSA) is 93.8 Å². The first-order valence-corrected chi connectivity index (χ1v) is 15.7. The molecule has 0 aliphatic carbocycles. The van der Waals surface area contributed by atoms with Crippen LogP contribution in [0.2, 0.25) is 0 Å². The Kier molecular flexibility index (Phi) is 11.8. The van der Waals surface area contributed by atoms with Crippen LogP contribution in [0.3, 0.4) is 0 Å². The number of hydrogen-bond donors (Lipinski definition) is 2. The van der Waals surface area contributed by atoms with Gasteiger partial charge in [-0.15, -0.1) is 0 Å². The lowest BCUT2D eigenvalue weighted by Gasteiger charge is -2.12. The van der Waals surface area contributed by atoms with E-state index in [1.807, 2.05) is 0 Å². The van der Waals surface area contributed by atoms with Gasteiger partial charge in [0.1, 0.15) is 11.4 Å². The normalized spacial score (nSPS) is 11.6. The summed E-state index contributed by atoms with van der Waals surface area (Å²) in [7, 11) is 2.89. The van der Waals surface area contributed by atoms with Crippen molar-refractivity contribution in [3.8, 4) is 22.3 Å². The number of nitrogens with zero attached hydrogens (tertiary/aromatic N) is 4. The number of carbonyl (C=O) groups excluding carboxylic acids is 2. The van der Waals surface area contributed by atoms with E-state index in [1.54, 1.807) is 18.2 Å². The van der Waals surface area contributed by atoms with E-state index in [0.29, 0.717) is 0 Å². The quantitative estimate of drug-likeness (QED) is 0.0915. The maximum atomic E-state index is 13.6. The summed E-state index contributed by atoms with van der Waals surface area (Å²) >= 11 is 5.40. The van der Waals surface area contributed by atoms with Crippen LogP contribution in [0.25, 0.3) is 22.3 Å². The summed E-state index contributed by atoms with van der Waals surface area (Å²) < 4.78 is 122. The van der Waals surface area contributed by atoms with Gasteiger partial charge in [-0.3, -0.25) is 19.0 Å². The molecule has 0 radical (unpaired) electrons. The van der Waals surface area contributed by atoms with Gasteiger partial charge in [-0.2, -0.15) is 10.2 Å². The zero-order valence-corrected chi connectivity index (χ0v) is 28.4. The van der Waals surface area contributed by atoms with Crippen LogP contribution in [-0.2, 0) is 14.1 Å². The third-order valence-corrected chi connectivity index (χ3v) is 7.76. The molecule has 280 valence electrons. The number of rotatable bonds is 8. The number of para-hydroxylation sites is 2. The van der Waals surface area contributed by atoms with E-state index in [1.165, 1.54) is 55.3 Å². The standard InChI is InChI=1S/C18H12ClF4N3O.C18H12F5N3O/c1-26-8-11(16(25-26)17(19)23)18(27)24-14-5-3-2-4-10(14)9-6-12(20)15(22)13(21)7-9;1-26-8-11(16(25-26)17(22)23)18(27)24-14-5-3-2-4-10(14)9-6-12(19)15(21)13(20)7-9/h2*2-8,17H,1H3,(H,24,27). The summed E-state index contributed by atoms with van der Waals surface area (Å²) in [5.41, 5.74) is -2.63. The molecule has 2 amide bonds. The lowest BCUT2D eigenvalue weighted by Crippen LogP contribution is -2.14. The monoisotopic (exact) mass is 778 g/mol. The first-order valence-electron chi connectivity index (χ1n) is 15.3. The fourth-order valence-corrected chi connectivity index (χ4v) is 5.33. The van der Waals surface area contributed by atoms with Crippen molar-refractivity contribution in [1.29, 1.82) is 0 Å². The Labute approximate surface area is 304 Å². The van der Waals surface area contributed by atoms with Crippen LogP contribution < -0.4 is 10.6 Å². The van der Waals surface area contributed by atoms with E-state index >= 15 is 0 Å². The van der Waals surface area contributed by atoms with Crippen molar-refractivity contribution in [2.45, 2.75) is 12.1 Å². The first-order chi connectivity index (χ1) is 25.5. The summed E-state index contributed by atoms with van der Waals surface area (Å²) in [6.07, 6.45) is -0.529. The van der Waals surface area contributed by atoms with Gasteiger partial charge < -0.3 is 10.6 Å². The van der Waals surface area contributed by atoms with E-state index in [9.17, 15) is 49.1 Å². The number of amides is 2. The molecule has 6 rings (SSSR count). The van der Waals surface area contributed by atoms with Gasteiger partial charge in [0.15, 0.2) is 34.9 Å². The molecule has 0 aliphatic heterocycles. The molecule has 1 unspecified atom stereocenters. The molecule has 2 heterocycles. The smallest absolute Gasteiger partial charge is 0.282 e. The van der Waals surface area contributed by atoms with Crippen LogP contribution in [0.4, 0.5) is 50.9 Å². The number of nitrogens with one attached hydrogen (secondary N) is 2. The summed E-state index contributed by atoms with van der Waals surface area (Å²) in [5, 5.41) is 12.3. The molecular formula is C36H24ClF9N6O2. The van der Waals surface area contributed by atoms with Crippen LogP contribution in [0, 0.1) is 34.9 Å². The van der Waals surface area contributed by atoms with E-state index in [-0.39, 0.29) is 50.4 Å². The third-order valence-electron chi connectivity index (χ3n) is 7.56. The minimum Gasteiger partial charge on any atom is -0.321 e. The summed E-state index contributed by atoms with van der Waals surface area (Å²) in [6, 6.07) is 15.3. The summed E-state index contributed by atoms with van der Waals surface area (Å²) in [5.74, 6) is -10.3. The van der Waals surface area contributed by atoms with Gasteiger partial charge in [0.25, 0.3) is 18.2 Å². The van der Waals surface area contributed by atoms with Gasteiger partial charge in [0, 0.05) is 49.0 Å². The molecule has 0 spiro atoms. The van der Waals surface area contributed by atoms with Crippen molar-refractivity contribution in [2.24, 2.45) is 14.1 Å². The van der Waals surface area contributed by atoms with Crippen LogP contribution in [0.15, 0.2) is 85.2 Å². The number of hydrogen-bond acceptors (Lipinski definition) is 4. The molecule has 0 saturated heterocycles. The Hall–Kier alpha value is -6.10. The van der Waals surface area contributed by atoms with Gasteiger partial charge in [0.05, 0.1) is 11.1 Å². The molecule has 2 N–H and O–H groups in total. The number of aryl methyl sites for hydroxylation is 2. The Bertz CT molecular complexity index is 2150. The van der Waals surface area contributed by atoms with Crippen molar-refractivity contribution in [3.63, 3.8) is 0 Å². The number of halogens is 10. The van der Waals surface area contributed by atoms with Crippen LogP contribution >= 0.6 is 11.6 Å². The molecule has 0 bridgehead atoms. The van der Waals surface area contributed by atoms with Crippen molar-refractivity contribution >= 4 is 34.8 Å². The largest absolute Gasteiger partial charge is 0.321 e. The number of anilines is 2. The average molecular weight is 779 g/mol. The maximum absolute atomic E-state index is 13.6. The van der Waals surface area contributed by atoms with E-state index in [2.05, 4.69) is 20.8 Å². The van der Waals surface area contributed by atoms with E-state index in [0.717, 1.165) is 35.1 Å². The van der Waals surface area contributed by atoms with Gasteiger partial charge in [-0.05, 0) is 47.5 Å². The Morgan fingerprint density at radius 3 is 1.33 bits per heavy atom. The summed E-state index contributed by atoms with van der Waals surface area (Å²) in [4.78, 5) is 24.9. The third kappa shape index (κ3) is 8.57. The second kappa shape index (κ2) is 16.3. The predicted molar refractivity (Wildman–Crippen MR) is 180 cm³/mol.